The van der Waals surface area contributed by atoms with Crippen molar-refractivity contribution in [2.45, 2.75) is 57.6 Å². The van der Waals surface area contributed by atoms with Crippen LogP contribution in [0.1, 0.15) is 59.2 Å². The lowest BCUT2D eigenvalue weighted by Gasteiger charge is -2.41. The maximum atomic E-state index is 12.5. The Labute approximate surface area is 221 Å². The van der Waals surface area contributed by atoms with Gasteiger partial charge in [-0.3, -0.25) is 9.88 Å². The maximum Gasteiger partial charge on any atom is 0.573 e. The molecule has 0 amide bonds. The van der Waals surface area contributed by atoms with E-state index in [4.69, 9.17) is 0 Å². The van der Waals surface area contributed by atoms with Gasteiger partial charge in [0.15, 0.2) is 0 Å². The van der Waals surface area contributed by atoms with Gasteiger partial charge in [-0.05, 0) is 96.4 Å². The quantitative estimate of drug-likeness (QED) is 0.394. The van der Waals surface area contributed by atoms with Gasteiger partial charge in [-0.1, -0.05) is 31.2 Å². The fourth-order valence-electron chi connectivity index (χ4n) is 6.30. The highest BCUT2D eigenvalue weighted by Gasteiger charge is 2.40. The molecule has 0 spiro atoms. The first-order valence-corrected chi connectivity index (χ1v) is 13.0. The third kappa shape index (κ3) is 5.20. The second-order valence-electron chi connectivity index (χ2n) is 10.5. The summed E-state index contributed by atoms with van der Waals surface area (Å²) in [6.45, 7) is 7.41. The van der Waals surface area contributed by atoms with Gasteiger partial charge in [0.1, 0.15) is 12.0 Å². The van der Waals surface area contributed by atoms with Gasteiger partial charge in [-0.15, -0.1) is 13.2 Å². The molecule has 2 aliphatic rings. The average Bonchev–Trinajstić information content (AvgIpc) is 3.27. The zero-order valence-corrected chi connectivity index (χ0v) is 21.6. The van der Waals surface area contributed by atoms with E-state index in [1.807, 2.05) is 12.4 Å². The van der Waals surface area contributed by atoms with Crippen LogP contribution in [0.2, 0.25) is 0 Å². The molecule has 0 aliphatic carbocycles. The molecule has 1 fully saturated rings. The topological polar surface area (TPSA) is 54.5 Å². The number of halogens is 3. The molecule has 3 aromatic rings. The Morgan fingerprint density at radius 2 is 1.74 bits per heavy atom. The lowest BCUT2D eigenvalue weighted by molar-refractivity contribution is -0.274. The molecule has 2 aliphatic heterocycles. The number of aromatic nitrogens is 1. The summed E-state index contributed by atoms with van der Waals surface area (Å²) in [5, 5.41) is 3.48. The summed E-state index contributed by atoms with van der Waals surface area (Å²) in [6.07, 6.45) is 2.09. The molecule has 5 nitrogen and oxygen atoms in total. The van der Waals surface area contributed by atoms with E-state index in [0.29, 0.717) is 19.0 Å². The van der Waals surface area contributed by atoms with Crippen molar-refractivity contribution in [3.63, 3.8) is 0 Å². The van der Waals surface area contributed by atoms with Crippen LogP contribution in [-0.4, -0.2) is 35.6 Å². The number of nitrogens with one attached hydrogen (secondary N) is 1. The third-order valence-electron chi connectivity index (χ3n) is 8.24. The number of aryl methyl sites for hydroxylation is 1. The SMILES string of the molecule is Cc1cc(C(C)(c2ccncc2)C2CCNCC2)cc2c1C(C=O)N(Cc1ccc(OC(F)(F)F)cc1)C2. The van der Waals surface area contributed by atoms with E-state index < -0.39 is 12.4 Å². The van der Waals surface area contributed by atoms with Gasteiger partial charge >= 0.3 is 6.36 Å². The number of carbonyl (C=O) groups is 1. The third-order valence-corrected chi connectivity index (χ3v) is 8.24. The molecule has 3 heterocycles. The van der Waals surface area contributed by atoms with Crippen LogP contribution in [0.4, 0.5) is 13.2 Å². The Balaban J connectivity index is 1.45. The molecule has 0 bridgehead atoms. The number of rotatable bonds is 7. The first-order valence-electron chi connectivity index (χ1n) is 13.0. The molecular formula is C30H32F3N3O2. The molecule has 5 rings (SSSR count). The molecule has 2 unspecified atom stereocenters. The van der Waals surface area contributed by atoms with E-state index in [-0.39, 0.29) is 11.2 Å². The van der Waals surface area contributed by atoms with E-state index in [1.165, 1.54) is 23.3 Å². The highest BCUT2D eigenvalue weighted by Crippen LogP contribution is 2.46. The lowest BCUT2D eigenvalue weighted by Crippen LogP contribution is -2.41. The number of alkyl halides is 3. The minimum Gasteiger partial charge on any atom is -0.406 e. The maximum absolute atomic E-state index is 12.5. The second-order valence-corrected chi connectivity index (χ2v) is 10.5. The van der Waals surface area contributed by atoms with E-state index >= 15 is 0 Å². The number of ether oxygens (including phenoxy) is 1. The van der Waals surface area contributed by atoms with Crippen molar-refractivity contribution >= 4 is 6.29 Å². The molecule has 38 heavy (non-hydrogen) atoms. The van der Waals surface area contributed by atoms with Gasteiger partial charge in [0.05, 0.1) is 6.04 Å². The molecule has 1 N–H and O–H groups in total. The van der Waals surface area contributed by atoms with E-state index in [1.54, 1.807) is 12.1 Å². The van der Waals surface area contributed by atoms with Crippen molar-refractivity contribution in [3.8, 4) is 5.75 Å². The van der Waals surface area contributed by atoms with Crippen LogP contribution in [0, 0.1) is 12.8 Å². The highest BCUT2D eigenvalue weighted by atomic mass is 19.4. The van der Waals surface area contributed by atoms with Gasteiger partial charge < -0.3 is 14.8 Å². The van der Waals surface area contributed by atoms with Crippen molar-refractivity contribution in [1.29, 1.82) is 0 Å². The van der Waals surface area contributed by atoms with Crippen molar-refractivity contribution in [2.75, 3.05) is 13.1 Å². The Hall–Kier alpha value is -3.23. The van der Waals surface area contributed by atoms with Crippen LogP contribution in [-0.2, 0) is 23.3 Å². The molecule has 0 radical (unpaired) electrons. The summed E-state index contributed by atoms with van der Waals surface area (Å²) in [5.41, 5.74) is 6.33. The first-order chi connectivity index (χ1) is 18.2. The number of hydrogen-bond donors (Lipinski definition) is 1. The highest BCUT2D eigenvalue weighted by molar-refractivity contribution is 5.67. The Kier molecular flexibility index (Phi) is 7.29. The van der Waals surface area contributed by atoms with Gasteiger partial charge in [0, 0.05) is 30.9 Å². The van der Waals surface area contributed by atoms with Gasteiger partial charge in [-0.25, -0.2) is 0 Å². The Morgan fingerprint density at radius 1 is 1.05 bits per heavy atom. The zero-order valence-electron chi connectivity index (χ0n) is 21.6. The standard InChI is InChI=1S/C30H32F3N3O2/c1-20-15-25(29(2,23-7-11-34-12-8-23)24-9-13-35-14-10-24)16-22-18-36(27(19-37)28(20)22)17-21-3-5-26(6-4-21)38-30(31,32)33/h3-8,11-12,15-16,19,24,27,35H,9-10,13-14,17-18H2,1-2H3. The first kappa shape index (κ1) is 26.4. The second kappa shape index (κ2) is 10.5. The van der Waals surface area contributed by atoms with Crippen molar-refractivity contribution in [2.24, 2.45) is 5.92 Å². The van der Waals surface area contributed by atoms with E-state index in [2.05, 4.69) is 58.1 Å². The van der Waals surface area contributed by atoms with Crippen LogP contribution >= 0.6 is 0 Å². The molecular weight excluding hydrogens is 491 g/mol. The van der Waals surface area contributed by atoms with Gasteiger partial charge in [0.25, 0.3) is 0 Å². The number of benzene rings is 2. The largest absolute Gasteiger partial charge is 0.573 e. The average molecular weight is 524 g/mol. The lowest BCUT2D eigenvalue weighted by atomic mass is 9.64. The monoisotopic (exact) mass is 523 g/mol. The summed E-state index contributed by atoms with van der Waals surface area (Å²) >= 11 is 0. The Morgan fingerprint density at radius 3 is 2.37 bits per heavy atom. The predicted molar refractivity (Wildman–Crippen MR) is 139 cm³/mol. The molecule has 0 saturated carbocycles. The molecule has 2 aromatic carbocycles. The van der Waals surface area contributed by atoms with Gasteiger partial charge in [0.2, 0.25) is 0 Å². The number of nitrogens with zero attached hydrogens (tertiary/aromatic N) is 2. The number of carbonyl (C=O) groups excluding carboxylic acids is 1. The fourth-order valence-corrected chi connectivity index (χ4v) is 6.30. The summed E-state index contributed by atoms with van der Waals surface area (Å²) < 4.78 is 41.6. The summed E-state index contributed by atoms with van der Waals surface area (Å²) in [6, 6.07) is 14.2. The van der Waals surface area contributed by atoms with Crippen LogP contribution < -0.4 is 10.1 Å². The van der Waals surface area contributed by atoms with Crippen molar-refractivity contribution < 1.29 is 22.7 Å². The van der Waals surface area contributed by atoms with E-state index in [0.717, 1.165) is 54.5 Å². The molecule has 8 heteroatoms. The minimum atomic E-state index is -4.73. The van der Waals surface area contributed by atoms with Crippen molar-refractivity contribution in [3.05, 3.63) is 94.3 Å². The van der Waals surface area contributed by atoms with Crippen LogP contribution in [0.3, 0.4) is 0 Å². The molecule has 1 saturated heterocycles. The number of fused-ring (bicyclic) bond motifs is 1. The van der Waals surface area contributed by atoms with Gasteiger partial charge in [-0.2, -0.15) is 0 Å². The predicted octanol–water partition coefficient (Wildman–Crippen LogP) is 5.85. The zero-order chi connectivity index (χ0) is 26.9. The summed E-state index contributed by atoms with van der Waals surface area (Å²) in [5.74, 6) is 0.201. The number of pyridine rings is 1. The molecule has 1 aromatic heterocycles. The number of aldehydes is 1. The van der Waals surface area contributed by atoms with Crippen LogP contribution in [0.25, 0.3) is 0 Å². The smallest absolute Gasteiger partial charge is 0.406 e. The Bertz CT molecular complexity index is 1270. The summed E-state index contributed by atoms with van der Waals surface area (Å²) in [7, 11) is 0. The van der Waals surface area contributed by atoms with Crippen molar-refractivity contribution in [1.82, 2.24) is 15.2 Å². The number of hydrogen-bond acceptors (Lipinski definition) is 5. The summed E-state index contributed by atoms with van der Waals surface area (Å²) in [4.78, 5) is 18.6. The fraction of sp³-hybridized carbons (Fsp3) is 0.400. The van der Waals surface area contributed by atoms with Crippen LogP contribution in [0.5, 0.6) is 5.75 Å². The minimum absolute atomic E-state index is 0.205. The normalized spacial score (nSPS) is 20.1. The molecule has 200 valence electrons. The number of piperidine rings is 1. The van der Waals surface area contributed by atoms with Crippen LogP contribution in [0.15, 0.2) is 60.9 Å². The van der Waals surface area contributed by atoms with E-state index in [9.17, 15) is 18.0 Å². The molecule has 2 atom stereocenters.